The van der Waals surface area contributed by atoms with Gasteiger partial charge < -0.3 is 25.1 Å². The lowest BCUT2D eigenvalue weighted by molar-refractivity contribution is -0.0851. The molecule has 198 valence electrons. The SMILES string of the molecule is COc1ccc(C(OCC2CC(O)C(n3cnc4c(N)ncnc43)O2)(c2ccccc2)c2ccccc2)cc1. The number of fused-ring (bicyclic) bond motifs is 1. The van der Waals surface area contributed by atoms with Crippen LogP contribution in [0.5, 0.6) is 5.75 Å². The molecule has 0 saturated carbocycles. The molecule has 0 amide bonds. The van der Waals surface area contributed by atoms with E-state index in [0.717, 1.165) is 22.4 Å². The van der Waals surface area contributed by atoms with Crippen LogP contribution in [0.3, 0.4) is 0 Å². The van der Waals surface area contributed by atoms with Crippen molar-refractivity contribution in [1.29, 1.82) is 0 Å². The van der Waals surface area contributed by atoms with E-state index < -0.39 is 17.9 Å². The van der Waals surface area contributed by atoms with Crippen LogP contribution in [0.2, 0.25) is 0 Å². The van der Waals surface area contributed by atoms with E-state index in [2.05, 4.69) is 39.2 Å². The van der Waals surface area contributed by atoms with Crippen molar-refractivity contribution >= 4 is 17.0 Å². The van der Waals surface area contributed by atoms with E-state index in [0.29, 0.717) is 17.6 Å². The highest BCUT2D eigenvalue weighted by Gasteiger charge is 2.41. The molecule has 9 nitrogen and oxygen atoms in total. The molecule has 2 aromatic heterocycles. The van der Waals surface area contributed by atoms with E-state index in [1.54, 1.807) is 18.0 Å². The Balaban J connectivity index is 1.35. The van der Waals surface area contributed by atoms with Crippen LogP contribution < -0.4 is 10.5 Å². The average Bonchev–Trinajstić information content (AvgIpc) is 3.58. The molecule has 5 aromatic rings. The third-order valence-corrected chi connectivity index (χ3v) is 7.17. The lowest BCUT2D eigenvalue weighted by Gasteiger charge is -2.36. The first-order chi connectivity index (χ1) is 19.1. The standard InChI is InChI=1S/C30H29N5O4/c1-37-23-14-12-22(13-15-23)30(20-8-4-2-5-9-20,21-10-6-3-7-11-21)38-17-24-16-25(36)29(39-24)35-19-34-26-27(31)32-18-33-28(26)35/h2-15,18-19,24-25,29,36H,16-17H2,1H3,(H2,31,32,33). The highest BCUT2D eigenvalue weighted by atomic mass is 16.6. The molecule has 1 fully saturated rings. The summed E-state index contributed by atoms with van der Waals surface area (Å²) in [5.41, 5.74) is 8.91. The summed E-state index contributed by atoms with van der Waals surface area (Å²) in [6.45, 7) is 0.229. The fourth-order valence-corrected chi connectivity index (χ4v) is 5.28. The predicted molar refractivity (Wildman–Crippen MR) is 146 cm³/mol. The van der Waals surface area contributed by atoms with E-state index in [-0.39, 0.29) is 18.5 Å². The number of hydrogen-bond donors (Lipinski definition) is 2. The van der Waals surface area contributed by atoms with E-state index in [1.165, 1.54) is 6.33 Å². The maximum atomic E-state index is 11.0. The number of aliphatic hydroxyl groups is 1. The van der Waals surface area contributed by atoms with E-state index in [4.69, 9.17) is 19.9 Å². The van der Waals surface area contributed by atoms with Gasteiger partial charge in [-0.1, -0.05) is 72.8 Å². The van der Waals surface area contributed by atoms with Crippen molar-refractivity contribution in [2.45, 2.75) is 30.5 Å². The third kappa shape index (κ3) is 4.50. The zero-order chi connectivity index (χ0) is 26.8. The second-order valence-electron chi connectivity index (χ2n) is 9.49. The molecule has 0 aliphatic carbocycles. The number of benzene rings is 3. The minimum Gasteiger partial charge on any atom is -0.497 e. The molecule has 3 heterocycles. The normalized spacial score (nSPS) is 19.4. The summed E-state index contributed by atoms with van der Waals surface area (Å²) in [7, 11) is 1.65. The number of nitrogen functional groups attached to an aromatic ring is 1. The second-order valence-corrected chi connectivity index (χ2v) is 9.49. The molecule has 0 bridgehead atoms. The van der Waals surface area contributed by atoms with Gasteiger partial charge in [-0.25, -0.2) is 15.0 Å². The van der Waals surface area contributed by atoms with Crippen molar-refractivity contribution < 1.29 is 19.3 Å². The lowest BCUT2D eigenvalue weighted by atomic mass is 9.80. The van der Waals surface area contributed by atoms with Gasteiger partial charge in [0.15, 0.2) is 17.7 Å². The first kappa shape index (κ1) is 25.0. The molecular weight excluding hydrogens is 494 g/mol. The quantitative estimate of drug-likeness (QED) is 0.292. The van der Waals surface area contributed by atoms with Crippen LogP contribution in [0.4, 0.5) is 5.82 Å². The first-order valence-corrected chi connectivity index (χ1v) is 12.8. The van der Waals surface area contributed by atoms with Gasteiger partial charge in [0.2, 0.25) is 0 Å². The number of hydrogen-bond acceptors (Lipinski definition) is 8. The van der Waals surface area contributed by atoms with Gasteiger partial charge in [-0.15, -0.1) is 0 Å². The van der Waals surface area contributed by atoms with Gasteiger partial charge in [-0.2, -0.15) is 0 Å². The van der Waals surface area contributed by atoms with Crippen LogP contribution in [0.25, 0.3) is 11.2 Å². The minimum absolute atomic E-state index is 0.229. The Morgan fingerprint density at radius 2 is 1.56 bits per heavy atom. The van der Waals surface area contributed by atoms with E-state index in [9.17, 15) is 5.11 Å². The number of imidazole rings is 1. The monoisotopic (exact) mass is 523 g/mol. The Morgan fingerprint density at radius 3 is 2.21 bits per heavy atom. The summed E-state index contributed by atoms with van der Waals surface area (Å²) >= 11 is 0. The van der Waals surface area contributed by atoms with Crippen molar-refractivity contribution in [3.05, 3.63) is 114 Å². The molecule has 1 aliphatic rings. The molecule has 1 saturated heterocycles. The van der Waals surface area contributed by atoms with Crippen LogP contribution in [-0.2, 0) is 15.1 Å². The molecule has 3 atom stereocenters. The minimum atomic E-state index is -0.926. The Labute approximate surface area is 225 Å². The number of ether oxygens (including phenoxy) is 3. The maximum Gasteiger partial charge on any atom is 0.167 e. The molecular formula is C30H29N5O4. The summed E-state index contributed by atoms with van der Waals surface area (Å²) in [5.74, 6) is 1.04. The zero-order valence-electron chi connectivity index (χ0n) is 21.4. The van der Waals surface area contributed by atoms with Gasteiger partial charge >= 0.3 is 0 Å². The van der Waals surface area contributed by atoms with Crippen LogP contribution in [-0.4, -0.2) is 50.6 Å². The first-order valence-electron chi connectivity index (χ1n) is 12.8. The number of methoxy groups -OCH3 is 1. The molecule has 1 aliphatic heterocycles. The fourth-order valence-electron chi connectivity index (χ4n) is 5.28. The smallest absolute Gasteiger partial charge is 0.167 e. The summed E-state index contributed by atoms with van der Waals surface area (Å²) in [4.78, 5) is 12.6. The number of aliphatic hydroxyl groups excluding tert-OH is 1. The molecule has 3 unspecified atom stereocenters. The predicted octanol–water partition coefficient (Wildman–Crippen LogP) is 4.07. The van der Waals surface area contributed by atoms with Gasteiger partial charge in [0.25, 0.3) is 0 Å². The van der Waals surface area contributed by atoms with Crippen LogP contribution in [0.1, 0.15) is 29.3 Å². The Morgan fingerprint density at radius 1 is 0.923 bits per heavy atom. The average molecular weight is 524 g/mol. The van der Waals surface area contributed by atoms with E-state index in [1.807, 2.05) is 60.7 Å². The number of nitrogens with zero attached hydrogens (tertiary/aromatic N) is 4. The Hall–Kier alpha value is -4.31. The van der Waals surface area contributed by atoms with Gasteiger partial charge in [0, 0.05) is 6.42 Å². The fraction of sp³-hybridized carbons (Fsp3) is 0.233. The largest absolute Gasteiger partial charge is 0.497 e. The third-order valence-electron chi connectivity index (χ3n) is 7.17. The topological polar surface area (TPSA) is 118 Å². The van der Waals surface area contributed by atoms with Crippen LogP contribution in [0.15, 0.2) is 97.6 Å². The summed E-state index contributed by atoms with van der Waals surface area (Å²) in [6, 6.07) is 28.1. The summed E-state index contributed by atoms with van der Waals surface area (Å²) in [6.07, 6.45) is 1.49. The number of aromatic nitrogens is 4. The zero-order valence-corrected chi connectivity index (χ0v) is 21.4. The van der Waals surface area contributed by atoms with Gasteiger partial charge in [0.1, 0.15) is 29.3 Å². The van der Waals surface area contributed by atoms with Gasteiger partial charge in [-0.3, -0.25) is 4.57 Å². The molecule has 3 aromatic carbocycles. The second kappa shape index (κ2) is 10.5. The number of anilines is 1. The highest BCUT2D eigenvalue weighted by molar-refractivity contribution is 5.81. The summed E-state index contributed by atoms with van der Waals surface area (Å²) < 4.78 is 20.4. The van der Waals surface area contributed by atoms with Crippen molar-refractivity contribution in [1.82, 2.24) is 19.5 Å². The van der Waals surface area contributed by atoms with Crippen molar-refractivity contribution in [3.63, 3.8) is 0 Å². The van der Waals surface area contributed by atoms with Crippen LogP contribution >= 0.6 is 0 Å². The summed E-state index contributed by atoms with van der Waals surface area (Å²) in [5, 5.41) is 11.0. The Kier molecular flexibility index (Phi) is 6.70. The number of nitrogens with two attached hydrogens (primary N) is 1. The molecule has 0 spiro atoms. The van der Waals surface area contributed by atoms with Gasteiger partial charge in [-0.05, 0) is 28.8 Å². The van der Waals surface area contributed by atoms with Crippen LogP contribution in [0, 0.1) is 0 Å². The maximum absolute atomic E-state index is 11.0. The van der Waals surface area contributed by atoms with E-state index >= 15 is 0 Å². The van der Waals surface area contributed by atoms with Gasteiger partial charge in [0.05, 0.1) is 26.1 Å². The molecule has 0 radical (unpaired) electrons. The molecule has 6 rings (SSSR count). The highest BCUT2D eigenvalue weighted by Crippen LogP contribution is 2.42. The number of rotatable bonds is 8. The molecule has 39 heavy (non-hydrogen) atoms. The molecule has 3 N–H and O–H groups in total. The van der Waals surface area contributed by atoms with Crippen molar-refractivity contribution in [2.75, 3.05) is 19.5 Å². The van der Waals surface area contributed by atoms with Crippen molar-refractivity contribution in [2.24, 2.45) is 0 Å². The Bertz CT molecular complexity index is 1500. The lowest BCUT2D eigenvalue weighted by Crippen LogP contribution is -2.35. The van der Waals surface area contributed by atoms with Crippen molar-refractivity contribution in [3.8, 4) is 5.75 Å². The molecule has 9 heteroatoms.